The lowest BCUT2D eigenvalue weighted by Gasteiger charge is -2.37. The average molecular weight is 542 g/mol. The van der Waals surface area contributed by atoms with Crippen LogP contribution in [-0.2, 0) is 9.53 Å². The van der Waals surface area contributed by atoms with E-state index in [1.807, 2.05) is 6.07 Å². The third kappa shape index (κ3) is 6.20. The van der Waals surface area contributed by atoms with Crippen LogP contribution in [0.1, 0.15) is 50.5 Å². The maximum Gasteiger partial charge on any atom is 0.407 e. The molecule has 180 valence electrons. The van der Waals surface area contributed by atoms with Gasteiger partial charge >= 0.3 is 6.09 Å². The van der Waals surface area contributed by atoms with Crippen LogP contribution >= 0.6 is 27.5 Å². The van der Waals surface area contributed by atoms with Crippen LogP contribution in [0.3, 0.4) is 0 Å². The monoisotopic (exact) mass is 540 g/mol. The summed E-state index contributed by atoms with van der Waals surface area (Å²) in [6, 6.07) is 4.52. The van der Waals surface area contributed by atoms with Gasteiger partial charge in [-0.15, -0.1) is 0 Å². The molecular formula is C23H30BrClN4O4. The Morgan fingerprint density at radius 2 is 1.85 bits per heavy atom. The number of hydrogen-bond donors (Lipinski definition) is 3. The van der Waals surface area contributed by atoms with Crippen LogP contribution in [0.15, 0.2) is 22.7 Å². The molecule has 0 aliphatic heterocycles. The highest BCUT2D eigenvalue weighted by molar-refractivity contribution is 9.10. The van der Waals surface area contributed by atoms with E-state index in [9.17, 15) is 14.4 Å². The summed E-state index contributed by atoms with van der Waals surface area (Å²) in [5, 5.41) is 7.27. The minimum absolute atomic E-state index is 0.00556. The largest absolute Gasteiger partial charge is 0.444 e. The summed E-state index contributed by atoms with van der Waals surface area (Å²) >= 11 is 9.59. The van der Waals surface area contributed by atoms with Crippen molar-refractivity contribution in [3.63, 3.8) is 0 Å². The zero-order valence-electron chi connectivity index (χ0n) is 19.4. The number of carbonyl (C=O) groups excluding carboxylic acids is 3. The van der Waals surface area contributed by atoms with Crippen LogP contribution in [0.5, 0.6) is 0 Å². The van der Waals surface area contributed by atoms with E-state index in [0.717, 1.165) is 10.9 Å². The Hall–Kier alpha value is -2.26. The second-order valence-corrected chi connectivity index (χ2v) is 10.8. The molecular weight excluding hydrogens is 512 g/mol. The minimum Gasteiger partial charge on any atom is -0.444 e. The van der Waals surface area contributed by atoms with Crippen molar-refractivity contribution in [3.05, 3.63) is 33.4 Å². The van der Waals surface area contributed by atoms with Crippen molar-refractivity contribution in [1.82, 2.24) is 20.5 Å². The van der Waals surface area contributed by atoms with E-state index >= 15 is 0 Å². The fourth-order valence-electron chi connectivity index (χ4n) is 4.08. The van der Waals surface area contributed by atoms with Gasteiger partial charge in [-0.3, -0.25) is 9.59 Å². The Morgan fingerprint density at radius 3 is 2.48 bits per heavy atom. The molecule has 2 aromatic rings. The van der Waals surface area contributed by atoms with Crippen molar-refractivity contribution in [3.8, 4) is 0 Å². The molecule has 1 aliphatic rings. The van der Waals surface area contributed by atoms with Gasteiger partial charge in [0, 0.05) is 42.0 Å². The topological polar surface area (TPSA) is 104 Å². The number of aromatic nitrogens is 1. The number of nitrogens with one attached hydrogen (secondary N) is 3. The van der Waals surface area contributed by atoms with Gasteiger partial charge in [-0.25, -0.2) is 4.79 Å². The molecule has 3 amide bonds. The summed E-state index contributed by atoms with van der Waals surface area (Å²) in [6.07, 6.45) is 0.981. The van der Waals surface area contributed by atoms with E-state index in [0.29, 0.717) is 34.5 Å². The Balaban J connectivity index is 1.80. The van der Waals surface area contributed by atoms with E-state index in [2.05, 4.69) is 31.5 Å². The van der Waals surface area contributed by atoms with Crippen molar-refractivity contribution >= 4 is 56.3 Å². The van der Waals surface area contributed by atoms with Crippen LogP contribution in [0, 0.1) is 5.92 Å². The number of hydrogen-bond acceptors (Lipinski definition) is 4. The van der Waals surface area contributed by atoms with Gasteiger partial charge in [0.1, 0.15) is 11.3 Å². The van der Waals surface area contributed by atoms with Crippen molar-refractivity contribution in [2.75, 3.05) is 14.1 Å². The Labute approximate surface area is 206 Å². The Kier molecular flexibility index (Phi) is 7.63. The molecule has 1 aromatic heterocycles. The number of H-pyrrole nitrogens is 1. The fraction of sp³-hybridized carbons (Fsp3) is 0.522. The maximum absolute atomic E-state index is 13.1. The summed E-state index contributed by atoms with van der Waals surface area (Å²) in [6.45, 7) is 5.35. The number of fused-ring (bicyclic) bond motifs is 1. The predicted octanol–water partition coefficient (Wildman–Crippen LogP) is 4.46. The second kappa shape index (κ2) is 9.93. The Bertz CT molecular complexity index is 1060. The van der Waals surface area contributed by atoms with Gasteiger partial charge in [0.05, 0.1) is 10.5 Å². The molecule has 0 spiro atoms. The first-order chi connectivity index (χ1) is 15.4. The lowest BCUT2D eigenvalue weighted by Crippen LogP contribution is -2.56. The van der Waals surface area contributed by atoms with Crippen molar-refractivity contribution in [2.24, 2.45) is 5.92 Å². The van der Waals surface area contributed by atoms with Crippen LogP contribution < -0.4 is 10.6 Å². The first-order valence-corrected chi connectivity index (χ1v) is 12.0. The number of amides is 3. The number of benzene rings is 1. The number of rotatable bonds is 4. The maximum atomic E-state index is 13.1. The Morgan fingerprint density at radius 1 is 1.15 bits per heavy atom. The van der Waals surface area contributed by atoms with E-state index in [4.69, 9.17) is 16.3 Å². The minimum atomic E-state index is -0.660. The molecule has 0 radical (unpaired) electrons. The third-order valence-electron chi connectivity index (χ3n) is 5.58. The van der Waals surface area contributed by atoms with Gasteiger partial charge in [-0.2, -0.15) is 0 Å². The van der Waals surface area contributed by atoms with E-state index in [1.54, 1.807) is 51.9 Å². The van der Waals surface area contributed by atoms with Gasteiger partial charge in [0.15, 0.2) is 0 Å². The molecule has 1 aliphatic carbocycles. The molecule has 33 heavy (non-hydrogen) atoms. The molecule has 8 nitrogen and oxygen atoms in total. The molecule has 0 bridgehead atoms. The normalized spacial score (nSPS) is 20.9. The second-order valence-electron chi connectivity index (χ2n) is 9.58. The van der Waals surface area contributed by atoms with Gasteiger partial charge in [0.25, 0.3) is 5.91 Å². The first-order valence-electron chi connectivity index (χ1n) is 10.8. The highest BCUT2D eigenvalue weighted by Gasteiger charge is 2.37. The van der Waals surface area contributed by atoms with Gasteiger partial charge in [-0.05, 0) is 74.2 Å². The van der Waals surface area contributed by atoms with Crippen LogP contribution in [0.4, 0.5) is 4.79 Å². The van der Waals surface area contributed by atoms with E-state index in [-0.39, 0.29) is 23.8 Å². The summed E-state index contributed by atoms with van der Waals surface area (Å²) in [5.41, 5.74) is 0.488. The fourth-order valence-corrected chi connectivity index (χ4v) is 4.86. The lowest BCUT2D eigenvalue weighted by atomic mass is 9.81. The number of alkyl carbamates (subject to hydrolysis) is 1. The molecule has 3 rings (SSSR count). The molecule has 3 atom stereocenters. The van der Waals surface area contributed by atoms with Crippen molar-refractivity contribution < 1.29 is 19.1 Å². The molecule has 1 fully saturated rings. The van der Waals surface area contributed by atoms with Gasteiger partial charge in [-0.1, -0.05) is 11.6 Å². The van der Waals surface area contributed by atoms with Crippen LogP contribution in [-0.4, -0.2) is 59.6 Å². The van der Waals surface area contributed by atoms with E-state index in [1.165, 1.54) is 0 Å². The molecule has 1 heterocycles. The smallest absolute Gasteiger partial charge is 0.407 e. The van der Waals surface area contributed by atoms with Gasteiger partial charge in [0.2, 0.25) is 5.91 Å². The van der Waals surface area contributed by atoms with E-state index < -0.39 is 17.7 Å². The molecule has 1 saturated carbocycles. The number of halogens is 2. The van der Waals surface area contributed by atoms with Crippen molar-refractivity contribution in [2.45, 2.75) is 57.7 Å². The quantitative estimate of drug-likeness (QED) is 0.531. The summed E-state index contributed by atoms with van der Waals surface area (Å²) < 4.78 is 6.02. The SMILES string of the molecule is CN(C)C(=O)[C@H]1CC[C@H](NC(=O)c2[nH]c3ccc(Cl)cc3c2Br)[C@H](NC(=O)OC(C)(C)C)C1. The summed E-state index contributed by atoms with van der Waals surface area (Å²) in [7, 11) is 3.43. The predicted molar refractivity (Wildman–Crippen MR) is 131 cm³/mol. The molecule has 0 unspecified atom stereocenters. The summed E-state index contributed by atoms with van der Waals surface area (Å²) in [5.74, 6) is -0.548. The molecule has 1 aromatic carbocycles. The highest BCUT2D eigenvalue weighted by atomic mass is 79.9. The standard InChI is InChI=1S/C23H30BrClN4O4/c1-23(2,3)33-22(32)28-17-10-12(21(31)29(4)5)6-8-16(17)27-20(30)19-18(24)14-11-13(25)7-9-15(14)26-19/h7,9,11-12,16-17,26H,6,8,10H2,1-5H3,(H,27,30)(H,28,32)/t12-,16-,17+/m0/s1. The number of carbonyl (C=O) groups is 3. The first kappa shape index (κ1) is 25.4. The zero-order valence-corrected chi connectivity index (χ0v) is 21.8. The molecule has 0 saturated heterocycles. The van der Waals surface area contributed by atoms with Crippen LogP contribution in [0.2, 0.25) is 5.02 Å². The van der Waals surface area contributed by atoms with Gasteiger partial charge < -0.3 is 25.3 Å². The molecule has 10 heteroatoms. The van der Waals surface area contributed by atoms with Crippen molar-refractivity contribution in [1.29, 1.82) is 0 Å². The van der Waals surface area contributed by atoms with Crippen LogP contribution in [0.25, 0.3) is 10.9 Å². The number of aromatic amines is 1. The lowest BCUT2D eigenvalue weighted by molar-refractivity contribution is -0.134. The molecule has 3 N–H and O–H groups in total. The zero-order chi connectivity index (χ0) is 24.5. The highest BCUT2D eigenvalue weighted by Crippen LogP contribution is 2.31. The average Bonchev–Trinajstić information content (AvgIpc) is 3.03. The summed E-state index contributed by atoms with van der Waals surface area (Å²) in [4.78, 5) is 42.8. The number of nitrogens with zero attached hydrogens (tertiary/aromatic N) is 1. The number of ether oxygens (including phenoxy) is 1. The third-order valence-corrected chi connectivity index (χ3v) is 6.64.